The number of rotatable bonds is 27. The molecular formula is C78H80O41. The fourth-order valence-corrected chi connectivity index (χ4v) is 8.88. The molecule has 638 valence electrons. The SMILES string of the molecule is CC(C)OC(=O)c1ccc(C(=O)OCCOC(=O)c2ccc(-c3ccc(C(=O)OCCOC(=O)c4ccc(C(=O)OC(C)C)o4)o3)o2)o1.O.O=C(O)c1ccc(C(=O)O)o1.O=Cc1ccc(-c2ccc(C=O)o2)o1.O=Cc1ccco1.OCCO.OCCO.c1cc(C2OCCO2)oc1-c1ccc(C2OCCO2)o1.c1coc(C2OCCO2)c1. The van der Waals surface area contributed by atoms with Crippen molar-refractivity contribution in [2.75, 3.05) is 92.5 Å². The Balaban J connectivity index is 0.000000250. The minimum atomic E-state index is -1.28. The molecule has 3 aliphatic rings. The molecule has 3 aliphatic heterocycles. The molecule has 3 fully saturated rings. The van der Waals surface area contributed by atoms with Crippen molar-refractivity contribution in [3.63, 3.8) is 0 Å². The van der Waals surface area contributed by atoms with Crippen molar-refractivity contribution in [2.45, 2.75) is 58.8 Å². The quantitative estimate of drug-likeness (QED) is 0.0121. The smallest absolute Gasteiger partial charge is 0.374 e. The van der Waals surface area contributed by atoms with Crippen LogP contribution in [-0.4, -0.2) is 207 Å². The third kappa shape index (κ3) is 30.8. The molecule has 14 heterocycles. The first-order valence-electron chi connectivity index (χ1n) is 35.0. The van der Waals surface area contributed by atoms with Gasteiger partial charge in [-0.1, -0.05) is 0 Å². The summed E-state index contributed by atoms with van der Waals surface area (Å²) in [4.78, 5) is 123. The van der Waals surface area contributed by atoms with Gasteiger partial charge in [0, 0.05) is 0 Å². The molecule has 11 aromatic rings. The van der Waals surface area contributed by atoms with Gasteiger partial charge in [-0.2, -0.15) is 0 Å². The van der Waals surface area contributed by atoms with Gasteiger partial charge in [-0.3, -0.25) is 14.4 Å². The van der Waals surface area contributed by atoms with E-state index in [4.69, 9.17) is 127 Å². The highest BCUT2D eigenvalue weighted by Crippen LogP contribution is 2.34. The van der Waals surface area contributed by atoms with Gasteiger partial charge >= 0.3 is 47.8 Å². The van der Waals surface area contributed by atoms with Crippen LogP contribution in [0.5, 0.6) is 0 Å². The number of furan rings is 11. The van der Waals surface area contributed by atoms with Crippen LogP contribution in [0, 0.1) is 0 Å². The average molecular weight is 1670 g/mol. The van der Waals surface area contributed by atoms with E-state index in [1.54, 1.807) is 58.2 Å². The van der Waals surface area contributed by atoms with E-state index in [2.05, 4.69) is 8.83 Å². The highest BCUT2D eigenvalue weighted by Gasteiger charge is 2.28. The minimum Gasteiger partial charge on any atom is -0.475 e. The second-order valence-corrected chi connectivity index (χ2v) is 23.2. The highest BCUT2D eigenvalue weighted by atomic mass is 16.7. The molecule has 0 aliphatic carbocycles. The van der Waals surface area contributed by atoms with Gasteiger partial charge in [0.2, 0.25) is 65.0 Å². The van der Waals surface area contributed by atoms with E-state index in [-0.39, 0.29) is 146 Å². The molecule has 14 rings (SSSR count). The average Bonchev–Trinajstić information content (AvgIpc) is 1.68. The zero-order chi connectivity index (χ0) is 85.3. The summed E-state index contributed by atoms with van der Waals surface area (Å²) in [5.41, 5.74) is 0. The minimum absolute atomic E-state index is 0. The van der Waals surface area contributed by atoms with Gasteiger partial charge in [0.1, 0.15) is 26.4 Å². The maximum absolute atomic E-state index is 12.3. The number of aromatic carboxylic acids is 2. The molecule has 0 radical (unpaired) electrons. The van der Waals surface area contributed by atoms with Crippen molar-refractivity contribution in [1.29, 1.82) is 0 Å². The van der Waals surface area contributed by atoms with Crippen LogP contribution >= 0.6 is 0 Å². The largest absolute Gasteiger partial charge is 0.475 e. The summed E-state index contributed by atoms with van der Waals surface area (Å²) in [6.45, 7) is 8.56. The number of carbonyl (C=O) groups excluding carboxylic acids is 9. The third-order valence-corrected chi connectivity index (χ3v) is 13.9. The molecule has 0 bridgehead atoms. The Morgan fingerprint density at radius 3 is 0.891 bits per heavy atom. The standard InChI is InChI=1S/C32H30O16.C14H14O6.C10H6O4.C7H8O3.C6H4O5.C5H4O2.2C2H6O2.H2O/c1-17(2)43-31(37)25-11-9-23(47-25)29(35)41-15-13-39-27(33)21-7-5-19(45-21)20-6-8-22(46-20)28(34)40-14-16-42-30(36)24-10-12-26(48-24)32(38)44-18(3)4;1-3-11(13-15-5-6-16-13)19-9(1)10-2-4-12(20-10)14-17-7-8-18-14;11-5-7-1-3-9(13-7)10-4-2-8(6-12)14-10;1-2-6(8-3-1)7-9-4-5-10-7;7-5(8)3-1-2-4(11-3)6(9)10;6-4-5-2-1-3-7-5;2*3-1-2-4;/h5-12,17-18H,13-16H2,1-4H3;1-4,13-14H,5-8H2;1-6H;1-3,7H,4-5H2;1-2H,(H,7,8)(H,9,10);1-4H;2*3-4H,1-2H2;1H2. The number of carbonyl (C=O) groups is 11. The van der Waals surface area contributed by atoms with Crippen LogP contribution in [0.1, 0.15) is 180 Å². The van der Waals surface area contributed by atoms with Crippen LogP contribution < -0.4 is 0 Å². The lowest BCUT2D eigenvalue weighted by Crippen LogP contribution is -2.14. The van der Waals surface area contributed by atoms with Crippen molar-refractivity contribution in [3.8, 4) is 34.6 Å². The van der Waals surface area contributed by atoms with Crippen molar-refractivity contribution >= 4 is 66.6 Å². The number of esters is 6. The maximum Gasteiger partial charge on any atom is 0.374 e. The molecule has 0 amide bonds. The highest BCUT2D eigenvalue weighted by molar-refractivity contribution is 5.93. The fourth-order valence-electron chi connectivity index (χ4n) is 8.88. The van der Waals surface area contributed by atoms with Crippen LogP contribution in [0.15, 0.2) is 195 Å². The lowest BCUT2D eigenvalue weighted by molar-refractivity contribution is -0.0597. The molecule has 41 nitrogen and oxygen atoms in total. The van der Waals surface area contributed by atoms with Crippen molar-refractivity contribution in [2.24, 2.45) is 0 Å². The summed E-state index contributed by atoms with van der Waals surface area (Å²) in [7, 11) is 0. The first-order valence-corrected chi connectivity index (χ1v) is 35.0. The molecular weight excluding hydrogens is 1590 g/mol. The molecule has 0 saturated carbocycles. The molecule has 0 unspecified atom stereocenters. The van der Waals surface area contributed by atoms with Crippen LogP contribution in [0.2, 0.25) is 0 Å². The normalized spacial score (nSPS) is 12.7. The Morgan fingerprint density at radius 2 is 0.605 bits per heavy atom. The zero-order valence-electron chi connectivity index (χ0n) is 63.4. The molecule has 0 aromatic carbocycles. The van der Waals surface area contributed by atoms with E-state index >= 15 is 0 Å². The number of carboxylic acids is 2. The Hall–Kier alpha value is -13.6. The maximum atomic E-state index is 12.3. The van der Waals surface area contributed by atoms with E-state index in [1.165, 1.54) is 66.9 Å². The number of aliphatic hydroxyl groups excluding tert-OH is 4. The van der Waals surface area contributed by atoms with Crippen molar-refractivity contribution in [1.82, 2.24) is 0 Å². The van der Waals surface area contributed by atoms with Crippen LogP contribution in [-0.2, 0) is 56.8 Å². The molecule has 8 N–H and O–H groups in total. The predicted molar refractivity (Wildman–Crippen MR) is 391 cm³/mol. The van der Waals surface area contributed by atoms with Crippen LogP contribution in [0.3, 0.4) is 0 Å². The number of carboxylic acid groups (broad SMARTS) is 2. The molecule has 119 heavy (non-hydrogen) atoms. The van der Waals surface area contributed by atoms with Crippen LogP contribution in [0.4, 0.5) is 0 Å². The number of aliphatic hydroxyl groups is 4. The van der Waals surface area contributed by atoms with E-state index in [9.17, 15) is 52.7 Å². The fraction of sp³-hybridized carbons (Fsp3) is 0.295. The van der Waals surface area contributed by atoms with Crippen molar-refractivity contribution in [3.05, 3.63) is 227 Å². The van der Waals surface area contributed by atoms with Gasteiger partial charge in [0.25, 0.3) is 0 Å². The lowest BCUT2D eigenvalue weighted by atomic mass is 10.3. The van der Waals surface area contributed by atoms with Crippen LogP contribution in [0.25, 0.3) is 34.6 Å². The molecule has 11 aromatic heterocycles. The Kier molecular flexibility index (Phi) is 39.6. The summed E-state index contributed by atoms with van der Waals surface area (Å²) in [5.74, 6) is -4.25. The summed E-state index contributed by atoms with van der Waals surface area (Å²) in [6, 6.07) is 33.2. The topological polar surface area (TPSA) is 596 Å². The monoisotopic (exact) mass is 1670 g/mol. The van der Waals surface area contributed by atoms with Gasteiger partial charge in [-0.05, 0) is 161 Å². The zero-order valence-corrected chi connectivity index (χ0v) is 63.4. The first-order chi connectivity index (χ1) is 57.0. The van der Waals surface area contributed by atoms with E-state index in [0.717, 1.165) is 17.9 Å². The molecule has 0 atom stereocenters. The number of aldehydes is 3. The second-order valence-electron chi connectivity index (χ2n) is 23.2. The van der Waals surface area contributed by atoms with Gasteiger partial charge in [0.05, 0.1) is 90.8 Å². The van der Waals surface area contributed by atoms with Gasteiger partial charge in [-0.25, -0.2) is 38.4 Å². The number of ether oxygens (including phenoxy) is 12. The van der Waals surface area contributed by atoms with Gasteiger partial charge in [0.15, 0.2) is 88.0 Å². The van der Waals surface area contributed by atoms with E-state index in [0.29, 0.717) is 98.8 Å². The predicted octanol–water partition coefficient (Wildman–Crippen LogP) is 9.89. The molecule has 3 saturated heterocycles. The van der Waals surface area contributed by atoms with E-state index < -0.39 is 60.3 Å². The number of hydrogen-bond donors (Lipinski definition) is 6. The molecule has 0 spiro atoms. The lowest BCUT2D eigenvalue weighted by Gasteiger charge is -2.05. The third-order valence-electron chi connectivity index (χ3n) is 13.9. The summed E-state index contributed by atoms with van der Waals surface area (Å²) >= 11 is 0. The van der Waals surface area contributed by atoms with Gasteiger partial charge in [-0.15, -0.1) is 0 Å². The van der Waals surface area contributed by atoms with E-state index in [1.807, 2.05) is 36.4 Å². The Labute approximate surface area is 671 Å². The molecule has 41 heteroatoms. The van der Waals surface area contributed by atoms with Gasteiger partial charge < -0.3 is 142 Å². The summed E-state index contributed by atoms with van der Waals surface area (Å²) < 4.78 is 119. The first kappa shape index (κ1) is 94.3. The Morgan fingerprint density at radius 1 is 0.328 bits per heavy atom. The number of hydrogen-bond acceptors (Lipinski definition) is 38. The second kappa shape index (κ2) is 50.0. The summed E-state index contributed by atoms with van der Waals surface area (Å²) in [5, 5.41) is 47.1. The Bertz CT molecular complexity index is 4590. The summed E-state index contributed by atoms with van der Waals surface area (Å²) in [6.07, 6.45) is 3.11. The van der Waals surface area contributed by atoms with Crippen molar-refractivity contribution < 1.29 is 194 Å².